The number of amides is 1. The quantitative estimate of drug-likeness (QED) is 0.214. The van der Waals surface area contributed by atoms with E-state index in [9.17, 15) is 13.2 Å². The van der Waals surface area contributed by atoms with Crippen molar-refractivity contribution in [2.75, 3.05) is 30.7 Å². The number of ether oxygens (including phenoxy) is 1. The number of thiazole rings is 1. The lowest BCUT2D eigenvalue weighted by atomic mass is 10.0. The number of likely N-dealkylation sites (N-methyl/N-ethyl adjacent to an activating group) is 1. The molecule has 1 aliphatic rings. The fourth-order valence-electron chi connectivity index (χ4n) is 4.69. The van der Waals surface area contributed by atoms with Gasteiger partial charge in [-0.05, 0) is 73.6 Å². The predicted octanol–water partition coefficient (Wildman–Crippen LogP) is 6.50. The third kappa shape index (κ3) is 5.95. The maximum atomic E-state index is 13.5. The van der Waals surface area contributed by atoms with Crippen LogP contribution in [-0.4, -0.2) is 44.9 Å². The van der Waals surface area contributed by atoms with Crippen molar-refractivity contribution in [2.24, 2.45) is 0 Å². The van der Waals surface area contributed by atoms with Crippen molar-refractivity contribution in [3.63, 3.8) is 0 Å². The number of carbonyl (C=O) groups excluding carboxylic acids is 1. The summed E-state index contributed by atoms with van der Waals surface area (Å²) in [5.41, 5.74) is 3.79. The molecule has 0 unspecified atom stereocenters. The van der Waals surface area contributed by atoms with E-state index in [1.165, 1.54) is 35.7 Å². The minimum atomic E-state index is -3.85. The number of para-hydroxylation sites is 1. The number of carbonyl (C=O) groups is 1. The van der Waals surface area contributed by atoms with Gasteiger partial charge in [-0.25, -0.2) is 13.4 Å². The number of sulfonamides is 1. The second-order valence-electron chi connectivity index (χ2n) is 9.50. The molecule has 0 saturated heterocycles. The van der Waals surface area contributed by atoms with Gasteiger partial charge in [0.1, 0.15) is 15.8 Å². The zero-order valence-electron chi connectivity index (χ0n) is 22.2. The average Bonchev–Trinajstić information content (AvgIpc) is 3.53. The Morgan fingerprint density at radius 1 is 1.02 bits per heavy atom. The van der Waals surface area contributed by atoms with E-state index in [4.69, 9.17) is 9.72 Å². The Kier molecular flexibility index (Phi) is 8.35. The number of halogens is 1. The molecule has 0 bridgehead atoms. The molecular formula is C29H27ClN4O4S3. The summed E-state index contributed by atoms with van der Waals surface area (Å²) in [4.78, 5) is 22.0. The number of thiophene rings is 1. The van der Waals surface area contributed by atoms with Crippen LogP contribution in [0.25, 0.3) is 20.8 Å². The number of anilines is 2. The summed E-state index contributed by atoms with van der Waals surface area (Å²) in [5, 5.41) is 4.76. The molecule has 0 atom stereocenters. The fraction of sp³-hybridized carbons (Fsp3) is 0.172. The van der Waals surface area contributed by atoms with E-state index < -0.39 is 10.0 Å². The van der Waals surface area contributed by atoms with Crippen LogP contribution >= 0.6 is 35.1 Å². The van der Waals surface area contributed by atoms with Gasteiger partial charge in [0.25, 0.3) is 15.9 Å². The van der Waals surface area contributed by atoms with Gasteiger partial charge in [-0.15, -0.1) is 35.1 Å². The summed E-state index contributed by atoms with van der Waals surface area (Å²) in [7, 11) is -0.237. The van der Waals surface area contributed by atoms with Gasteiger partial charge in [-0.3, -0.25) is 9.52 Å². The second-order valence-corrected chi connectivity index (χ2v) is 13.3. The van der Waals surface area contributed by atoms with Crippen molar-refractivity contribution in [1.82, 2.24) is 9.88 Å². The SMILES string of the molecule is COc1ccc(S(=O)(=O)Nc2cccc(C(=O)Nc3sc4c(c3-c3nc5ccccc5s3)CCN(C)C4)c2)cc1.Cl. The van der Waals surface area contributed by atoms with Crippen molar-refractivity contribution < 1.29 is 17.9 Å². The first-order valence-corrected chi connectivity index (χ1v) is 15.7. The highest BCUT2D eigenvalue weighted by Crippen LogP contribution is 2.45. The van der Waals surface area contributed by atoms with E-state index >= 15 is 0 Å². The van der Waals surface area contributed by atoms with Crippen LogP contribution in [0.15, 0.2) is 77.7 Å². The molecule has 6 rings (SSSR count). The van der Waals surface area contributed by atoms with Crippen molar-refractivity contribution in [3.8, 4) is 16.3 Å². The van der Waals surface area contributed by atoms with Crippen LogP contribution in [0.4, 0.5) is 10.7 Å². The molecule has 0 aliphatic carbocycles. The van der Waals surface area contributed by atoms with E-state index in [0.717, 1.165) is 45.3 Å². The molecule has 5 aromatic rings. The Hall–Kier alpha value is -3.48. The van der Waals surface area contributed by atoms with Gasteiger partial charge < -0.3 is 15.0 Å². The molecule has 3 heterocycles. The lowest BCUT2D eigenvalue weighted by molar-refractivity contribution is 0.102. The number of methoxy groups -OCH3 is 1. The molecule has 3 aromatic carbocycles. The van der Waals surface area contributed by atoms with Gasteiger partial charge in [0.05, 0.1) is 22.2 Å². The number of fused-ring (bicyclic) bond motifs is 2. The third-order valence-corrected chi connectivity index (χ3v) is 10.3. The molecule has 0 saturated carbocycles. The first-order chi connectivity index (χ1) is 19.3. The van der Waals surface area contributed by atoms with Gasteiger partial charge in [0.2, 0.25) is 0 Å². The number of nitrogens with zero attached hydrogens (tertiary/aromatic N) is 2. The van der Waals surface area contributed by atoms with Gasteiger partial charge in [0, 0.05) is 34.8 Å². The van der Waals surface area contributed by atoms with E-state index in [0.29, 0.717) is 17.0 Å². The minimum Gasteiger partial charge on any atom is -0.497 e. The lowest BCUT2D eigenvalue weighted by Crippen LogP contribution is -2.25. The smallest absolute Gasteiger partial charge is 0.261 e. The predicted molar refractivity (Wildman–Crippen MR) is 168 cm³/mol. The molecule has 2 aromatic heterocycles. The first-order valence-electron chi connectivity index (χ1n) is 12.6. The van der Waals surface area contributed by atoms with E-state index in [1.54, 1.807) is 53.0 Å². The van der Waals surface area contributed by atoms with Crippen LogP contribution in [0.1, 0.15) is 20.8 Å². The van der Waals surface area contributed by atoms with Crippen molar-refractivity contribution in [1.29, 1.82) is 0 Å². The summed E-state index contributed by atoms with van der Waals surface area (Å²) in [6, 6.07) is 20.6. The highest BCUT2D eigenvalue weighted by atomic mass is 35.5. The van der Waals surface area contributed by atoms with Gasteiger partial charge in [-0.2, -0.15) is 0 Å². The highest BCUT2D eigenvalue weighted by Gasteiger charge is 2.27. The van der Waals surface area contributed by atoms with E-state index in [-0.39, 0.29) is 23.2 Å². The number of hydrogen-bond acceptors (Lipinski definition) is 8. The van der Waals surface area contributed by atoms with Gasteiger partial charge in [-0.1, -0.05) is 18.2 Å². The monoisotopic (exact) mass is 626 g/mol. The second kappa shape index (κ2) is 11.8. The normalized spacial score (nSPS) is 13.3. The van der Waals surface area contributed by atoms with Gasteiger partial charge >= 0.3 is 0 Å². The van der Waals surface area contributed by atoms with Crippen LogP contribution in [0, 0.1) is 0 Å². The average molecular weight is 627 g/mol. The van der Waals surface area contributed by atoms with Crippen LogP contribution in [0.3, 0.4) is 0 Å². The summed E-state index contributed by atoms with van der Waals surface area (Å²) < 4.78 is 34.6. The molecule has 8 nitrogen and oxygen atoms in total. The summed E-state index contributed by atoms with van der Waals surface area (Å²) in [6.45, 7) is 1.75. The molecule has 0 radical (unpaired) electrons. The summed E-state index contributed by atoms with van der Waals surface area (Å²) >= 11 is 3.20. The molecule has 0 spiro atoms. The topological polar surface area (TPSA) is 101 Å². The number of aromatic nitrogens is 1. The molecule has 41 heavy (non-hydrogen) atoms. The molecular weight excluding hydrogens is 600 g/mol. The maximum Gasteiger partial charge on any atom is 0.261 e. The van der Waals surface area contributed by atoms with Crippen LogP contribution in [-0.2, 0) is 23.0 Å². The third-order valence-electron chi connectivity index (χ3n) is 6.73. The molecule has 212 valence electrons. The Morgan fingerprint density at radius 3 is 2.56 bits per heavy atom. The molecule has 0 fully saturated rings. The Labute approximate surface area is 252 Å². The van der Waals surface area contributed by atoms with E-state index in [2.05, 4.69) is 28.1 Å². The minimum absolute atomic E-state index is 0. The summed E-state index contributed by atoms with van der Waals surface area (Å²) in [6.07, 6.45) is 0.881. The first kappa shape index (κ1) is 29.0. The fourth-order valence-corrected chi connectivity index (χ4v) is 8.18. The largest absolute Gasteiger partial charge is 0.497 e. The Bertz CT molecular complexity index is 1800. The standard InChI is InChI=1S/C29H26N4O4S3.ClH/c1-33-15-14-22-25(17-33)39-29(26(22)28-30-23-8-3-4-9-24(23)38-28)31-27(34)18-6-5-7-19(16-18)32-40(35,36)21-12-10-20(37-2)11-13-21;/h3-13,16,32H,14-15,17H2,1-2H3,(H,31,34);1H. The number of rotatable bonds is 7. The Morgan fingerprint density at radius 2 is 1.80 bits per heavy atom. The van der Waals surface area contributed by atoms with Crippen molar-refractivity contribution >= 4 is 71.9 Å². The van der Waals surface area contributed by atoms with E-state index in [1.807, 2.05) is 18.2 Å². The van der Waals surface area contributed by atoms with Crippen molar-refractivity contribution in [2.45, 2.75) is 17.9 Å². The van der Waals surface area contributed by atoms with Crippen molar-refractivity contribution in [3.05, 3.63) is 88.8 Å². The molecule has 12 heteroatoms. The number of benzene rings is 3. The molecule has 1 aliphatic heterocycles. The van der Waals surface area contributed by atoms with Crippen LogP contribution < -0.4 is 14.8 Å². The lowest BCUT2D eigenvalue weighted by Gasteiger charge is -2.22. The van der Waals surface area contributed by atoms with Gasteiger partial charge in [0.15, 0.2) is 0 Å². The number of nitrogens with one attached hydrogen (secondary N) is 2. The Balaban J connectivity index is 0.00000337. The summed E-state index contributed by atoms with van der Waals surface area (Å²) in [5.74, 6) is 0.240. The molecule has 2 N–H and O–H groups in total. The highest BCUT2D eigenvalue weighted by molar-refractivity contribution is 7.92. The number of hydrogen-bond donors (Lipinski definition) is 2. The zero-order valence-corrected chi connectivity index (χ0v) is 25.5. The molecule has 1 amide bonds. The zero-order chi connectivity index (χ0) is 27.9. The van der Waals surface area contributed by atoms with Crippen LogP contribution in [0.5, 0.6) is 5.75 Å². The van der Waals surface area contributed by atoms with Crippen LogP contribution in [0.2, 0.25) is 0 Å². The maximum absolute atomic E-state index is 13.5.